The van der Waals surface area contributed by atoms with E-state index in [1.54, 1.807) is 20.8 Å². The third kappa shape index (κ3) is 4.68. The van der Waals surface area contributed by atoms with Crippen LogP contribution in [0.5, 0.6) is 0 Å². The highest BCUT2D eigenvalue weighted by Gasteiger charge is 2.25. The van der Waals surface area contributed by atoms with Crippen LogP contribution >= 0.6 is 0 Å². The fourth-order valence-electron chi connectivity index (χ4n) is 2.99. The molecule has 6 heteroatoms. The molecule has 0 bridgehead atoms. The van der Waals surface area contributed by atoms with Gasteiger partial charge in [0.1, 0.15) is 5.76 Å². The lowest BCUT2D eigenvalue weighted by Crippen LogP contribution is -2.36. The minimum absolute atomic E-state index is 0.0792. The molecule has 2 N–H and O–H groups in total. The number of rotatable bonds is 7. The first-order valence-corrected chi connectivity index (χ1v) is 8.28. The van der Waals surface area contributed by atoms with E-state index in [1.807, 2.05) is 31.2 Å². The fourth-order valence-corrected chi connectivity index (χ4v) is 2.99. The van der Waals surface area contributed by atoms with Gasteiger partial charge in [0.05, 0.1) is 17.5 Å². The number of aliphatic carboxylic acids is 1. The van der Waals surface area contributed by atoms with E-state index >= 15 is 0 Å². The minimum Gasteiger partial charge on any atom is -0.481 e. The monoisotopic (exact) mass is 344 g/mol. The molecule has 0 fully saturated rings. The van der Waals surface area contributed by atoms with Gasteiger partial charge in [0.25, 0.3) is 0 Å². The molecule has 25 heavy (non-hydrogen) atoms. The smallest absolute Gasteiger partial charge is 0.308 e. The summed E-state index contributed by atoms with van der Waals surface area (Å²) >= 11 is 0. The second kappa shape index (κ2) is 7.96. The molecule has 0 radical (unpaired) electrons. The number of nitrogens with zero attached hydrogens (tertiary/aromatic N) is 1. The van der Waals surface area contributed by atoms with E-state index in [0.717, 1.165) is 16.7 Å². The number of hydrogen-bond acceptors (Lipinski definition) is 4. The van der Waals surface area contributed by atoms with Crippen molar-refractivity contribution in [3.63, 3.8) is 0 Å². The Kier molecular flexibility index (Phi) is 5.96. The number of aromatic nitrogens is 1. The summed E-state index contributed by atoms with van der Waals surface area (Å²) < 4.78 is 5.10. The van der Waals surface area contributed by atoms with Crippen molar-refractivity contribution in [3.05, 3.63) is 52.4 Å². The molecule has 0 saturated heterocycles. The van der Waals surface area contributed by atoms with Gasteiger partial charge in [-0.3, -0.25) is 9.59 Å². The van der Waals surface area contributed by atoms with E-state index in [-0.39, 0.29) is 12.5 Å². The number of carboxylic acids is 1. The van der Waals surface area contributed by atoms with Crippen molar-refractivity contribution >= 4 is 11.9 Å². The van der Waals surface area contributed by atoms with E-state index in [9.17, 15) is 14.7 Å². The molecule has 6 nitrogen and oxygen atoms in total. The Morgan fingerprint density at radius 2 is 2.00 bits per heavy atom. The van der Waals surface area contributed by atoms with Crippen LogP contribution in [0.1, 0.15) is 41.0 Å². The average molecular weight is 344 g/mol. The predicted molar refractivity (Wildman–Crippen MR) is 93.4 cm³/mol. The fraction of sp³-hybridized carbons (Fsp3) is 0.421. The standard InChI is InChI=1S/C19H24N2O4/c1-11-6-5-7-15(8-11)9-16(19(23)24)10-20-18(22)12(2)17-13(3)21-25-14(17)4/h5-8,12,16H,9-10H2,1-4H3,(H,20,22)(H,23,24)/t12-,16+/m0/s1. The highest BCUT2D eigenvalue weighted by molar-refractivity contribution is 5.84. The van der Waals surface area contributed by atoms with Gasteiger partial charge in [0.2, 0.25) is 5.91 Å². The lowest BCUT2D eigenvalue weighted by molar-refractivity contribution is -0.141. The van der Waals surface area contributed by atoms with Crippen molar-refractivity contribution in [2.75, 3.05) is 6.54 Å². The van der Waals surface area contributed by atoms with E-state index < -0.39 is 17.8 Å². The number of hydrogen-bond donors (Lipinski definition) is 2. The maximum absolute atomic E-state index is 12.4. The third-order valence-corrected chi connectivity index (χ3v) is 4.35. The molecule has 2 rings (SSSR count). The number of benzene rings is 1. The van der Waals surface area contributed by atoms with Crippen LogP contribution in [0.25, 0.3) is 0 Å². The lowest BCUT2D eigenvalue weighted by Gasteiger charge is -2.16. The summed E-state index contributed by atoms with van der Waals surface area (Å²) in [5.41, 5.74) is 3.45. The molecule has 2 atom stereocenters. The average Bonchev–Trinajstić information content (AvgIpc) is 2.89. The van der Waals surface area contributed by atoms with Crippen molar-refractivity contribution in [1.82, 2.24) is 10.5 Å². The summed E-state index contributed by atoms with van der Waals surface area (Å²) in [6.07, 6.45) is 0.372. The lowest BCUT2D eigenvalue weighted by atomic mass is 9.96. The van der Waals surface area contributed by atoms with E-state index in [0.29, 0.717) is 17.9 Å². The molecule has 1 aromatic heterocycles. The zero-order valence-electron chi connectivity index (χ0n) is 15.0. The molecule has 0 aliphatic rings. The summed E-state index contributed by atoms with van der Waals surface area (Å²) in [5, 5.41) is 16.1. The van der Waals surface area contributed by atoms with Gasteiger partial charge in [-0.2, -0.15) is 0 Å². The van der Waals surface area contributed by atoms with Crippen LogP contribution in [0.3, 0.4) is 0 Å². The van der Waals surface area contributed by atoms with Gasteiger partial charge in [-0.25, -0.2) is 0 Å². The van der Waals surface area contributed by atoms with Crippen molar-refractivity contribution in [3.8, 4) is 0 Å². The molecule has 1 aromatic carbocycles. The first-order valence-electron chi connectivity index (χ1n) is 8.28. The van der Waals surface area contributed by atoms with Crippen molar-refractivity contribution in [1.29, 1.82) is 0 Å². The third-order valence-electron chi connectivity index (χ3n) is 4.35. The minimum atomic E-state index is -0.924. The first-order chi connectivity index (χ1) is 11.8. The van der Waals surface area contributed by atoms with E-state index in [4.69, 9.17) is 4.52 Å². The van der Waals surface area contributed by atoms with Gasteiger partial charge >= 0.3 is 5.97 Å². The molecule has 1 heterocycles. The quantitative estimate of drug-likeness (QED) is 0.806. The number of carbonyl (C=O) groups excluding carboxylic acids is 1. The van der Waals surface area contributed by atoms with Crippen LogP contribution in [-0.2, 0) is 16.0 Å². The molecular formula is C19H24N2O4. The SMILES string of the molecule is Cc1cccc(C[C@H](CNC(=O)[C@@H](C)c2c(C)noc2C)C(=O)O)c1. The summed E-state index contributed by atoms with van der Waals surface area (Å²) in [6, 6.07) is 7.73. The van der Waals surface area contributed by atoms with Crippen LogP contribution in [0.15, 0.2) is 28.8 Å². The Bertz CT molecular complexity index is 747. The molecule has 0 aliphatic heterocycles. The Balaban J connectivity index is 2.01. The van der Waals surface area contributed by atoms with Gasteiger partial charge < -0.3 is 14.9 Å². The van der Waals surface area contributed by atoms with E-state index in [1.165, 1.54) is 0 Å². The van der Waals surface area contributed by atoms with Crippen LogP contribution in [-0.4, -0.2) is 28.7 Å². The highest BCUT2D eigenvalue weighted by atomic mass is 16.5. The van der Waals surface area contributed by atoms with Gasteiger partial charge in [0, 0.05) is 12.1 Å². The van der Waals surface area contributed by atoms with Crippen molar-refractivity contribution in [2.24, 2.45) is 5.92 Å². The normalized spacial score (nSPS) is 13.3. The molecule has 2 aromatic rings. The second-order valence-electron chi connectivity index (χ2n) is 6.43. The van der Waals surface area contributed by atoms with E-state index in [2.05, 4.69) is 10.5 Å². The van der Waals surface area contributed by atoms with Crippen molar-refractivity contribution < 1.29 is 19.2 Å². The number of amides is 1. The van der Waals surface area contributed by atoms with Crippen LogP contribution in [0.4, 0.5) is 0 Å². The molecular weight excluding hydrogens is 320 g/mol. The number of carbonyl (C=O) groups is 2. The summed E-state index contributed by atoms with van der Waals surface area (Å²) in [7, 11) is 0. The predicted octanol–water partition coefficient (Wildman–Crippen LogP) is 2.76. The van der Waals surface area contributed by atoms with Gasteiger partial charge in [0.15, 0.2) is 0 Å². The Morgan fingerprint density at radius 3 is 2.56 bits per heavy atom. The molecule has 0 unspecified atom stereocenters. The second-order valence-corrected chi connectivity index (χ2v) is 6.43. The van der Waals surface area contributed by atoms with Crippen LogP contribution in [0.2, 0.25) is 0 Å². The zero-order chi connectivity index (χ0) is 18.6. The van der Waals surface area contributed by atoms with Crippen LogP contribution in [0, 0.1) is 26.7 Å². The molecule has 0 saturated carbocycles. The summed E-state index contributed by atoms with van der Waals surface area (Å²) in [5.74, 6) is -1.67. The van der Waals surface area contributed by atoms with Crippen molar-refractivity contribution in [2.45, 2.75) is 40.0 Å². The Labute approximate surface area is 147 Å². The Hall–Kier alpha value is -2.63. The summed E-state index contributed by atoms with van der Waals surface area (Å²) in [6.45, 7) is 7.35. The molecule has 0 spiro atoms. The number of nitrogens with one attached hydrogen (secondary N) is 1. The molecule has 134 valence electrons. The van der Waals surface area contributed by atoms with Gasteiger partial charge in [-0.1, -0.05) is 35.0 Å². The maximum Gasteiger partial charge on any atom is 0.308 e. The first kappa shape index (κ1) is 18.7. The van der Waals surface area contributed by atoms with Gasteiger partial charge in [-0.15, -0.1) is 0 Å². The van der Waals surface area contributed by atoms with Gasteiger partial charge in [-0.05, 0) is 39.7 Å². The number of aryl methyl sites for hydroxylation is 3. The topological polar surface area (TPSA) is 92.4 Å². The molecule has 1 amide bonds. The largest absolute Gasteiger partial charge is 0.481 e. The maximum atomic E-state index is 12.4. The highest BCUT2D eigenvalue weighted by Crippen LogP contribution is 2.23. The Morgan fingerprint density at radius 1 is 1.28 bits per heavy atom. The zero-order valence-corrected chi connectivity index (χ0v) is 15.0. The number of carboxylic acid groups (broad SMARTS) is 1. The molecule has 0 aliphatic carbocycles. The van der Waals surface area contributed by atoms with Crippen LogP contribution < -0.4 is 5.32 Å². The summed E-state index contributed by atoms with van der Waals surface area (Å²) in [4.78, 5) is 23.9.